The largest absolute Gasteiger partial charge is 0.388 e. The Labute approximate surface area is 214 Å². The molecule has 1 aliphatic heterocycles. The van der Waals surface area contributed by atoms with E-state index in [1.165, 1.54) is 0 Å². The van der Waals surface area contributed by atoms with Crippen LogP contribution in [0.4, 0.5) is 0 Å². The second-order valence-electron chi connectivity index (χ2n) is 9.92. The topological polar surface area (TPSA) is 99.4 Å². The van der Waals surface area contributed by atoms with Gasteiger partial charge in [0.2, 0.25) is 0 Å². The van der Waals surface area contributed by atoms with Gasteiger partial charge in [-0.2, -0.15) is 5.26 Å². The number of ether oxygens (including phenoxy) is 6. The highest BCUT2D eigenvalue weighted by Crippen LogP contribution is 2.25. The average molecular weight is 504 g/mol. The molecule has 0 aromatic carbocycles. The van der Waals surface area contributed by atoms with Crippen molar-refractivity contribution in [1.29, 1.82) is 5.26 Å². The maximum Gasteiger partial charge on any atom is 0.256 e. The maximum absolute atomic E-state index is 9.61. The molecule has 1 fully saturated rings. The van der Waals surface area contributed by atoms with Crippen molar-refractivity contribution < 1.29 is 33.5 Å². The van der Waals surface area contributed by atoms with Crippen LogP contribution in [0.1, 0.15) is 93.4 Å². The van der Waals surface area contributed by atoms with E-state index in [1.807, 2.05) is 6.07 Å². The molecule has 5 atom stereocenters. The molecule has 1 heterocycles. The van der Waals surface area contributed by atoms with Gasteiger partial charge in [0.15, 0.2) is 0 Å². The summed E-state index contributed by atoms with van der Waals surface area (Å²) in [4.78, 5) is 0. The lowest BCUT2D eigenvalue weighted by Gasteiger charge is -2.30. The molecule has 0 aromatic rings. The van der Waals surface area contributed by atoms with E-state index < -0.39 is 11.9 Å². The minimum absolute atomic E-state index is 0.0114. The summed E-state index contributed by atoms with van der Waals surface area (Å²) in [7, 11) is 1.56. The monoisotopic (exact) mass is 503 g/mol. The van der Waals surface area contributed by atoms with Gasteiger partial charge in [0.1, 0.15) is 12.2 Å². The Balaban J connectivity index is 0.000000801. The van der Waals surface area contributed by atoms with E-state index in [-0.39, 0.29) is 37.1 Å². The second-order valence-corrected chi connectivity index (χ2v) is 9.92. The molecular formula is C27H53NO7. The van der Waals surface area contributed by atoms with Gasteiger partial charge >= 0.3 is 0 Å². The van der Waals surface area contributed by atoms with Gasteiger partial charge in [0.05, 0.1) is 56.9 Å². The molecule has 0 radical (unpaired) electrons. The van der Waals surface area contributed by atoms with Crippen LogP contribution in [0.5, 0.6) is 0 Å². The van der Waals surface area contributed by atoms with Crippen LogP contribution >= 0.6 is 0 Å². The zero-order chi connectivity index (χ0) is 26.7. The molecule has 0 spiro atoms. The number of hydrogen-bond donors (Lipinski definition) is 1. The lowest BCUT2D eigenvalue weighted by atomic mass is 10.0. The summed E-state index contributed by atoms with van der Waals surface area (Å²) in [6.45, 7) is 16.6. The third-order valence-corrected chi connectivity index (χ3v) is 5.76. The van der Waals surface area contributed by atoms with E-state index >= 15 is 0 Å². The van der Waals surface area contributed by atoms with E-state index in [0.29, 0.717) is 19.8 Å². The highest BCUT2D eigenvalue weighted by atomic mass is 16.7. The van der Waals surface area contributed by atoms with Crippen LogP contribution in [-0.2, 0) is 28.4 Å². The molecule has 8 heteroatoms. The second kappa shape index (κ2) is 19.3. The molecule has 1 N–H and O–H groups in total. The number of unbranched alkanes of at least 4 members (excludes halogenated alkanes) is 1. The third kappa shape index (κ3) is 16.6. The van der Waals surface area contributed by atoms with Crippen LogP contribution in [-0.4, -0.2) is 81.1 Å². The Kier molecular flexibility index (Phi) is 18.9. The third-order valence-electron chi connectivity index (χ3n) is 5.76. The number of nitrogens with zero attached hydrogens (tertiary/aromatic N) is 1. The minimum Gasteiger partial charge on any atom is -0.388 e. The summed E-state index contributed by atoms with van der Waals surface area (Å²) in [5.74, 6) is -0.988. The van der Waals surface area contributed by atoms with Crippen molar-refractivity contribution in [2.75, 3.05) is 40.1 Å². The number of nitriles is 1. The van der Waals surface area contributed by atoms with Crippen LogP contribution in [0.2, 0.25) is 0 Å². The average Bonchev–Trinajstić information content (AvgIpc) is 3.21. The Morgan fingerprint density at radius 1 is 1.06 bits per heavy atom. The highest BCUT2D eigenvalue weighted by molar-refractivity contribution is 4.94. The van der Waals surface area contributed by atoms with Gasteiger partial charge in [-0.15, -0.1) is 0 Å². The van der Waals surface area contributed by atoms with E-state index in [0.717, 1.165) is 44.9 Å². The fraction of sp³-hybridized carbons (Fsp3) is 0.963. The van der Waals surface area contributed by atoms with E-state index in [4.69, 9.17) is 33.7 Å². The summed E-state index contributed by atoms with van der Waals surface area (Å²) in [6.07, 6.45) is 6.84. The number of rotatable bonds is 18. The maximum atomic E-state index is 9.61. The molecule has 0 saturated carbocycles. The van der Waals surface area contributed by atoms with Crippen LogP contribution < -0.4 is 0 Å². The molecule has 5 unspecified atom stereocenters. The van der Waals surface area contributed by atoms with Gasteiger partial charge in [-0.3, -0.25) is 0 Å². The zero-order valence-corrected chi connectivity index (χ0v) is 23.6. The van der Waals surface area contributed by atoms with Crippen LogP contribution in [0.15, 0.2) is 0 Å². The van der Waals surface area contributed by atoms with Gasteiger partial charge in [0.25, 0.3) is 5.79 Å². The van der Waals surface area contributed by atoms with E-state index in [9.17, 15) is 5.11 Å². The lowest BCUT2D eigenvalue weighted by molar-refractivity contribution is -0.120. The SMILES string of the molecule is CCCC(C)(C)OC(CC)COCC(CC)OCC(O)COC.CCCCC1COC(C)(C#N)O1. The van der Waals surface area contributed by atoms with Crippen LogP contribution in [0.3, 0.4) is 0 Å². The molecule has 1 aliphatic rings. The Hall–Kier alpha value is -0.790. The summed E-state index contributed by atoms with van der Waals surface area (Å²) in [6, 6.07) is 2.00. The van der Waals surface area contributed by atoms with Gasteiger partial charge in [-0.25, -0.2) is 0 Å². The van der Waals surface area contributed by atoms with Gasteiger partial charge in [0, 0.05) is 14.0 Å². The predicted molar refractivity (Wildman–Crippen MR) is 137 cm³/mol. The van der Waals surface area contributed by atoms with Crippen molar-refractivity contribution in [2.45, 2.75) is 129 Å². The molecule has 1 saturated heterocycles. The number of aliphatic hydroxyl groups excluding tert-OH is 1. The Morgan fingerprint density at radius 3 is 2.23 bits per heavy atom. The van der Waals surface area contributed by atoms with Crippen LogP contribution in [0.25, 0.3) is 0 Å². The molecule has 1 rings (SSSR count). The summed E-state index contributed by atoms with van der Waals surface area (Å²) in [5, 5.41) is 18.3. The van der Waals surface area contributed by atoms with Crippen molar-refractivity contribution in [3.05, 3.63) is 0 Å². The lowest BCUT2D eigenvalue weighted by Crippen LogP contribution is -2.34. The summed E-state index contributed by atoms with van der Waals surface area (Å²) < 4.78 is 33.1. The predicted octanol–water partition coefficient (Wildman–Crippen LogP) is 5.01. The van der Waals surface area contributed by atoms with Gasteiger partial charge < -0.3 is 33.5 Å². The Bertz CT molecular complexity index is 554. The fourth-order valence-electron chi connectivity index (χ4n) is 3.72. The number of methoxy groups -OCH3 is 1. The van der Waals surface area contributed by atoms with Gasteiger partial charge in [-0.1, -0.05) is 47.0 Å². The van der Waals surface area contributed by atoms with Crippen molar-refractivity contribution in [2.24, 2.45) is 0 Å². The first kappa shape index (κ1) is 34.2. The molecule has 0 bridgehead atoms. The highest BCUT2D eigenvalue weighted by Gasteiger charge is 2.36. The molecule has 208 valence electrons. The fourth-order valence-corrected chi connectivity index (χ4v) is 3.72. The first-order valence-electron chi connectivity index (χ1n) is 13.4. The quantitative estimate of drug-likeness (QED) is 0.279. The smallest absolute Gasteiger partial charge is 0.256 e. The van der Waals surface area contributed by atoms with Crippen molar-refractivity contribution >= 4 is 0 Å². The molecule has 0 aliphatic carbocycles. The van der Waals surface area contributed by atoms with Crippen molar-refractivity contribution in [3.8, 4) is 6.07 Å². The minimum atomic E-state index is -0.988. The molecule has 35 heavy (non-hydrogen) atoms. The zero-order valence-electron chi connectivity index (χ0n) is 23.6. The first-order valence-corrected chi connectivity index (χ1v) is 13.4. The van der Waals surface area contributed by atoms with Crippen molar-refractivity contribution in [3.63, 3.8) is 0 Å². The molecule has 0 amide bonds. The molecule has 8 nitrogen and oxygen atoms in total. The van der Waals surface area contributed by atoms with E-state index in [2.05, 4.69) is 41.5 Å². The summed E-state index contributed by atoms with van der Waals surface area (Å²) in [5.41, 5.74) is -0.107. The first-order chi connectivity index (χ1) is 16.6. The van der Waals surface area contributed by atoms with Gasteiger partial charge in [-0.05, 0) is 39.5 Å². The van der Waals surface area contributed by atoms with Crippen molar-refractivity contribution in [1.82, 2.24) is 0 Å². The molecule has 0 aromatic heterocycles. The van der Waals surface area contributed by atoms with Crippen LogP contribution in [0, 0.1) is 11.3 Å². The van der Waals surface area contributed by atoms with E-state index in [1.54, 1.807) is 14.0 Å². The molecular weight excluding hydrogens is 450 g/mol. The normalized spacial score (nSPS) is 22.7. The number of aliphatic hydroxyl groups is 1. The summed E-state index contributed by atoms with van der Waals surface area (Å²) >= 11 is 0. The standard InChI is InChI=1S/C18H38O5.C9H15NO2/c1-7-10-18(4,5)23-17(9-3)14-21-13-16(8-2)22-12-15(19)11-20-6;1-3-4-5-8-6-11-9(2,7-10)12-8/h15-17,19H,7-14H2,1-6H3;8H,3-6H2,1-2H3. The number of hydrogen-bond acceptors (Lipinski definition) is 8. The Morgan fingerprint density at radius 2 is 1.71 bits per heavy atom.